The third-order valence-corrected chi connectivity index (χ3v) is 7.47. The summed E-state index contributed by atoms with van der Waals surface area (Å²) in [7, 11) is -1.56. The summed E-state index contributed by atoms with van der Waals surface area (Å²) in [5.41, 5.74) is 4.94. The van der Waals surface area contributed by atoms with Crippen LogP contribution in [0, 0.1) is 0 Å². The minimum absolute atomic E-state index is 0.0388. The van der Waals surface area contributed by atoms with Crippen molar-refractivity contribution in [1.82, 2.24) is 14.2 Å². The minimum atomic E-state index is -3.57. The highest BCUT2D eigenvalue weighted by Gasteiger charge is 2.28. The summed E-state index contributed by atoms with van der Waals surface area (Å²) in [4.78, 5) is 2.69. The zero-order chi connectivity index (χ0) is 21.1. The Morgan fingerprint density at radius 3 is 2.40 bits per heavy atom. The SMILES string of the molecule is CCc1ccc(S(=O)(=O)NCC(c2cccn2C)N2CCc3ccccc3C2)cc1. The van der Waals surface area contributed by atoms with Crippen LogP contribution < -0.4 is 4.72 Å². The molecule has 0 radical (unpaired) electrons. The van der Waals surface area contributed by atoms with Crippen LogP contribution in [-0.2, 0) is 36.5 Å². The Morgan fingerprint density at radius 1 is 1.00 bits per heavy atom. The molecule has 0 amide bonds. The molecule has 6 heteroatoms. The van der Waals surface area contributed by atoms with Gasteiger partial charge in [0.15, 0.2) is 0 Å². The molecular weight excluding hydrogens is 394 g/mol. The Kier molecular flexibility index (Phi) is 6.09. The van der Waals surface area contributed by atoms with Gasteiger partial charge in [-0.05, 0) is 53.8 Å². The predicted octanol–water partition coefficient (Wildman–Crippen LogP) is 3.67. The smallest absolute Gasteiger partial charge is 0.240 e. The van der Waals surface area contributed by atoms with Crippen LogP contribution in [0.4, 0.5) is 0 Å². The lowest BCUT2D eigenvalue weighted by molar-refractivity contribution is 0.174. The van der Waals surface area contributed by atoms with Crippen molar-refractivity contribution >= 4 is 10.0 Å². The van der Waals surface area contributed by atoms with Crippen molar-refractivity contribution in [3.8, 4) is 0 Å². The van der Waals surface area contributed by atoms with Gasteiger partial charge in [0, 0.05) is 38.6 Å². The van der Waals surface area contributed by atoms with E-state index in [-0.39, 0.29) is 6.04 Å². The van der Waals surface area contributed by atoms with Gasteiger partial charge in [-0.3, -0.25) is 4.90 Å². The van der Waals surface area contributed by atoms with Crippen molar-refractivity contribution in [2.45, 2.75) is 37.2 Å². The average Bonchev–Trinajstić information content (AvgIpc) is 3.19. The lowest BCUT2D eigenvalue weighted by Gasteiger charge is -2.36. The highest BCUT2D eigenvalue weighted by Crippen LogP contribution is 2.28. The van der Waals surface area contributed by atoms with Crippen molar-refractivity contribution in [3.63, 3.8) is 0 Å². The van der Waals surface area contributed by atoms with E-state index < -0.39 is 10.0 Å². The van der Waals surface area contributed by atoms with E-state index in [1.54, 1.807) is 12.1 Å². The van der Waals surface area contributed by atoms with Crippen LogP contribution in [0.1, 0.15) is 35.3 Å². The topological polar surface area (TPSA) is 54.3 Å². The molecule has 1 aromatic heterocycles. The Balaban J connectivity index is 1.56. The maximum absolute atomic E-state index is 12.9. The standard InChI is InChI=1S/C24H29N3O2S/c1-3-19-10-12-22(13-11-19)30(28,29)25-17-24(23-9-6-15-26(23)2)27-16-14-20-7-4-5-8-21(20)18-27/h4-13,15,24-25H,3,14,16-18H2,1-2H3. The van der Waals surface area contributed by atoms with E-state index in [1.165, 1.54) is 11.1 Å². The van der Waals surface area contributed by atoms with E-state index in [0.29, 0.717) is 11.4 Å². The molecule has 3 aromatic rings. The Hall–Kier alpha value is -2.41. The summed E-state index contributed by atoms with van der Waals surface area (Å²) in [6.45, 7) is 4.11. The number of hydrogen-bond donors (Lipinski definition) is 1. The molecule has 2 aromatic carbocycles. The normalized spacial score (nSPS) is 15.7. The number of benzene rings is 2. The summed E-state index contributed by atoms with van der Waals surface area (Å²) in [6, 6.07) is 19.7. The molecule has 0 saturated carbocycles. The second kappa shape index (κ2) is 8.76. The van der Waals surface area contributed by atoms with Gasteiger partial charge in [0.1, 0.15) is 0 Å². The van der Waals surface area contributed by atoms with Crippen LogP contribution >= 0.6 is 0 Å². The molecule has 4 rings (SSSR count). The van der Waals surface area contributed by atoms with E-state index in [4.69, 9.17) is 0 Å². The first-order chi connectivity index (χ1) is 14.5. The van der Waals surface area contributed by atoms with Crippen LogP contribution in [0.3, 0.4) is 0 Å². The van der Waals surface area contributed by atoms with Gasteiger partial charge in [-0.25, -0.2) is 13.1 Å². The molecule has 0 aliphatic carbocycles. The Bertz CT molecular complexity index is 1100. The molecule has 0 fully saturated rings. The van der Waals surface area contributed by atoms with E-state index in [2.05, 4.69) is 51.4 Å². The maximum Gasteiger partial charge on any atom is 0.240 e. The number of fused-ring (bicyclic) bond motifs is 1. The number of rotatable bonds is 7. The molecule has 1 aliphatic heterocycles. The van der Waals surface area contributed by atoms with Gasteiger partial charge in [-0.2, -0.15) is 0 Å². The highest BCUT2D eigenvalue weighted by molar-refractivity contribution is 7.89. The number of hydrogen-bond acceptors (Lipinski definition) is 3. The quantitative estimate of drug-likeness (QED) is 0.631. The summed E-state index contributed by atoms with van der Waals surface area (Å²) in [5.74, 6) is 0. The zero-order valence-electron chi connectivity index (χ0n) is 17.6. The van der Waals surface area contributed by atoms with Crippen LogP contribution in [0.5, 0.6) is 0 Å². The third kappa shape index (κ3) is 4.36. The second-order valence-electron chi connectivity index (χ2n) is 7.90. The Labute approximate surface area is 179 Å². The first kappa shape index (κ1) is 20.8. The molecule has 1 atom stereocenters. The maximum atomic E-state index is 12.9. The summed E-state index contributed by atoms with van der Waals surface area (Å²) < 4.78 is 30.8. The van der Waals surface area contributed by atoms with Crippen molar-refractivity contribution < 1.29 is 8.42 Å². The largest absolute Gasteiger partial charge is 0.353 e. The Morgan fingerprint density at radius 2 is 1.73 bits per heavy atom. The number of nitrogens with zero attached hydrogens (tertiary/aromatic N) is 2. The van der Waals surface area contributed by atoms with Crippen molar-refractivity contribution in [2.75, 3.05) is 13.1 Å². The number of nitrogens with one attached hydrogen (secondary N) is 1. The monoisotopic (exact) mass is 423 g/mol. The molecule has 2 heterocycles. The summed E-state index contributed by atoms with van der Waals surface area (Å²) in [5, 5.41) is 0. The molecule has 1 unspecified atom stereocenters. The fraction of sp³-hybridized carbons (Fsp3) is 0.333. The van der Waals surface area contributed by atoms with Crippen LogP contribution in [-0.4, -0.2) is 31.0 Å². The molecule has 5 nitrogen and oxygen atoms in total. The summed E-state index contributed by atoms with van der Waals surface area (Å²) in [6.07, 6.45) is 3.88. The molecule has 0 spiro atoms. The fourth-order valence-electron chi connectivity index (χ4n) is 4.20. The minimum Gasteiger partial charge on any atom is -0.353 e. The van der Waals surface area contributed by atoms with Gasteiger partial charge in [0.2, 0.25) is 10.0 Å². The van der Waals surface area contributed by atoms with Crippen LogP contribution in [0.2, 0.25) is 0 Å². The lowest BCUT2D eigenvalue weighted by Crippen LogP contribution is -2.41. The van der Waals surface area contributed by atoms with Gasteiger partial charge in [-0.1, -0.05) is 43.3 Å². The van der Waals surface area contributed by atoms with E-state index in [0.717, 1.165) is 37.2 Å². The van der Waals surface area contributed by atoms with E-state index in [1.807, 2.05) is 31.4 Å². The van der Waals surface area contributed by atoms with Gasteiger partial charge in [0.05, 0.1) is 10.9 Å². The molecule has 1 N–H and O–H groups in total. The number of aryl methyl sites for hydroxylation is 2. The van der Waals surface area contributed by atoms with Crippen molar-refractivity contribution in [2.24, 2.45) is 7.05 Å². The molecular formula is C24H29N3O2S. The second-order valence-corrected chi connectivity index (χ2v) is 9.67. The number of aromatic nitrogens is 1. The zero-order valence-corrected chi connectivity index (χ0v) is 18.4. The van der Waals surface area contributed by atoms with Gasteiger partial charge >= 0.3 is 0 Å². The van der Waals surface area contributed by atoms with Gasteiger partial charge in [0.25, 0.3) is 0 Å². The summed E-state index contributed by atoms with van der Waals surface area (Å²) >= 11 is 0. The fourth-order valence-corrected chi connectivity index (χ4v) is 5.24. The van der Waals surface area contributed by atoms with Crippen molar-refractivity contribution in [1.29, 1.82) is 0 Å². The van der Waals surface area contributed by atoms with Crippen LogP contribution in [0.25, 0.3) is 0 Å². The molecule has 158 valence electrons. The van der Waals surface area contributed by atoms with Gasteiger partial charge < -0.3 is 4.57 Å². The average molecular weight is 424 g/mol. The van der Waals surface area contributed by atoms with Crippen molar-refractivity contribution in [3.05, 3.63) is 89.2 Å². The van der Waals surface area contributed by atoms with E-state index in [9.17, 15) is 8.42 Å². The predicted molar refractivity (Wildman–Crippen MR) is 120 cm³/mol. The molecule has 0 bridgehead atoms. The van der Waals surface area contributed by atoms with Crippen LogP contribution in [0.15, 0.2) is 71.8 Å². The van der Waals surface area contributed by atoms with E-state index >= 15 is 0 Å². The third-order valence-electron chi connectivity index (χ3n) is 6.03. The first-order valence-electron chi connectivity index (χ1n) is 10.5. The first-order valence-corrected chi connectivity index (χ1v) is 12.0. The van der Waals surface area contributed by atoms with Gasteiger partial charge in [-0.15, -0.1) is 0 Å². The molecule has 0 saturated heterocycles. The molecule has 1 aliphatic rings. The molecule has 30 heavy (non-hydrogen) atoms. The lowest BCUT2D eigenvalue weighted by atomic mass is 9.98. The number of sulfonamides is 1. The highest BCUT2D eigenvalue weighted by atomic mass is 32.2.